The predicted octanol–water partition coefficient (Wildman–Crippen LogP) is 0.0262. The Morgan fingerprint density at radius 1 is 1.67 bits per heavy atom. The van der Waals surface area contributed by atoms with E-state index in [-0.39, 0.29) is 12.1 Å². The summed E-state index contributed by atoms with van der Waals surface area (Å²) in [6.07, 6.45) is 1.08. The molecular formula is C10H21N3O2. The maximum absolute atomic E-state index is 11.5. The molecule has 0 aliphatic carbocycles. The van der Waals surface area contributed by atoms with Gasteiger partial charge in [0.15, 0.2) is 0 Å². The van der Waals surface area contributed by atoms with Crippen LogP contribution < -0.4 is 10.6 Å². The smallest absolute Gasteiger partial charge is 0.317 e. The molecule has 2 amide bonds. The summed E-state index contributed by atoms with van der Waals surface area (Å²) in [5, 5.41) is 6.07. The van der Waals surface area contributed by atoms with Crippen LogP contribution in [0.1, 0.15) is 13.3 Å². The first-order valence-electron chi connectivity index (χ1n) is 5.55. The van der Waals surface area contributed by atoms with Crippen molar-refractivity contribution in [1.29, 1.82) is 0 Å². The molecule has 1 heterocycles. The lowest BCUT2D eigenvalue weighted by atomic mass is 10.3. The van der Waals surface area contributed by atoms with E-state index in [9.17, 15) is 4.79 Å². The van der Waals surface area contributed by atoms with Gasteiger partial charge in [0, 0.05) is 33.2 Å². The minimum Gasteiger partial charge on any atom is -0.374 e. The van der Waals surface area contributed by atoms with Crippen molar-refractivity contribution >= 4 is 6.03 Å². The first-order valence-corrected chi connectivity index (χ1v) is 5.55. The molecule has 1 saturated heterocycles. The molecule has 2 N–H and O–H groups in total. The third kappa shape index (κ3) is 4.48. The molecule has 0 spiro atoms. The average Bonchev–Trinajstić information content (AvgIpc) is 2.27. The fourth-order valence-electron chi connectivity index (χ4n) is 1.49. The molecule has 5 heteroatoms. The van der Waals surface area contributed by atoms with Crippen molar-refractivity contribution in [2.45, 2.75) is 19.4 Å². The van der Waals surface area contributed by atoms with Crippen LogP contribution in [0.2, 0.25) is 0 Å². The van der Waals surface area contributed by atoms with Gasteiger partial charge in [-0.2, -0.15) is 0 Å². The zero-order chi connectivity index (χ0) is 11.1. The third-order valence-electron chi connectivity index (χ3n) is 2.35. The van der Waals surface area contributed by atoms with Crippen molar-refractivity contribution in [3.05, 3.63) is 0 Å². The van der Waals surface area contributed by atoms with Crippen LogP contribution in [0.3, 0.4) is 0 Å². The van der Waals surface area contributed by atoms with Gasteiger partial charge < -0.3 is 20.3 Å². The van der Waals surface area contributed by atoms with Gasteiger partial charge in [-0.1, -0.05) is 6.92 Å². The van der Waals surface area contributed by atoms with Gasteiger partial charge in [-0.05, 0) is 6.42 Å². The van der Waals surface area contributed by atoms with E-state index in [1.54, 1.807) is 11.9 Å². The van der Waals surface area contributed by atoms with Crippen molar-refractivity contribution < 1.29 is 9.53 Å². The SMILES string of the molecule is CCCNC(=O)N(C)CC1CNCCO1. The standard InChI is InChI=1S/C10H21N3O2/c1-3-4-12-10(14)13(2)8-9-7-11-5-6-15-9/h9,11H,3-8H2,1-2H3,(H,12,14). The number of morpholine rings is 1. The number of carbonyl (C=O) groups is 1. The van der Waals surface area contributed by atoms with E-state index in [4.69, 9.17) is 4.74 Å². The van der Waals surface area contributed by atoms with Crippen LogP contribution in [-0.2, 0) is 4.74 Å². The number of hydrogen-bond donors (Lipinski definition) is 2. The molecule has 1 fully saturated rings. The molecule has 1 unspecified atom stereocenters. The van der Waals surface area contributed by atoms with Gasteiger partial charge >= 0.3 is 6.03 Å². The van der Waals surface area contributed by atoms with Crippen LogP contribution in [-0.4, -0.2) is 56.9 Å². The van der Waals surface area contributed by atoms with Gasteiger partial charge in [-0.25, -0.2) is 4.79 Å². The lowest BCUT2D eigenvalue weighted by Gasteiger charge is -2.28. The summed E-state index contributed by atoms with van der Waals surface area (Å²) in [6.45, 7) is 5.87. The molecule has 88 valence electrons. The molecule has 0 saturated carbocycles. The first kappa shape index (κ1) is 12.3. The Kier molecular flexibility index (Phi) is 5.42. The number of rotatable bonds is 4. The summed E-state index contributed by atoms with van der Waals surface area (Å²) in [5.41, 5.74) is 0. The van der Waals surface area contributed by atoms with Crippen molar-refractivity contribution in [1.82, 2.24) is 15.5 Å². The molecule has 0 aromatic carbocycles. The van der Waals surface area contributed by atoms with E-state index in [1.807, 2.05) is 6.92 Å². The Bertz CT molecular complexity index is 193. The highest BCUT2D eigenvalue weighted by molar-refractivity contribution is 5.73. The Morgan fingerprint density at radius 3 is 3.07 bits per heavy atom. The summed E-state index contributed by atoms with van der Waals surface area (Å²) in [7, 11) is 1.79. The van der Waals surface area contributed by atoms with Gasteiger partial charge in [0.25, 0.3) is 0 Å². The largest absolute Gasteiger partial charge is 0.374 e. The van der Waals surface area contributed by atoms with Crippen LogP contribution in [0.4, 0.5) is 4.79 Å². The van der Waals surface area contributed by atoms with Crippen LogP contribution in [0.15, 0.2) is 0 Å². The number of hydrogen-bond acceptors (Lipinski definition) is 3. The quantitative estimate of drug-likeness (QED) is 0.695. The molecule has 5 nitrogen and oxygen atoms in total. The minimum absolute atomic E-state index is 0.0222. The maximum atomic E-state index is 11.5. The molecule has 1 aliphatic rings. The number of nitrogens with zero attached hydrogens (tertiary/aromatic N) is 1. The second-order valence-electron chi connectivity index (χ2n) is 3.81. The number of amides is 2. The highest BCUT2D eigenvalue weighted by Gasteiger charge is 2.17. The van der Waals surface area contributed by atoms with Gasteiger partial charge in [-0.15, -0.1) is 0 Å². The summed E-state index contributed by atoms with van der Waals surface area (Å²) in [5.74, 6) is 0. The molecule has 15 heavy (non-hydrogen) atoms. The molecular weight excluding hydrogens is 194 g/mol. The van der Waals surface area contributed by atoms with Crippen LogP contribution in [0, 0.1) is 0 Å². The van der Waals surface area contributed by atoms with E-state index in [1.165, 1.54) is 0 Å². The molecule has 1 atom stereocenters. The first-order chi connectivity index (χ1) is 7.24. The number of ether oxygens (including phenoxy) is 1. The topological polar surface area (TPSA) is 53.6 Å². The zero-order valence-electron chi connectivity index (χ0n) is 9.58. The summed E-state index contributed by atoms with van der Waals surface area (Å²) in [6, 6.07) is -0.0222. The highest BCUT2D eigenvalue weighted by Crippen LogP contribution is 1.98. The van der Waals surface area contributed by atoms with Crippen molar-refractivity contribution in [3.63, 3.8) is 0 Å². The Labute approximate surface area is 91.2 Å². The van der Waals surface area contributed by atoms with Crippen molar-refractivity contribution in [2.75, 3.05) is 39.8 Å². The number of carbonyl (C=O) groups excluding carboxylic acids is 1. The fraction of sp³-hybridized carbons (Fsp3) is 0.900. The lowest BCUT2D eigenvalue weighted by Crippen LogP contribution is -2.48. The lowest BCUT2D eigenvalue weighted by molar-refractivity contribution is 0.0155. The monoisotopic (exact) mass is 215 g/mol. The molecule has 0 aromatic heterocycles. The van der Waals surface area contributed by atoms with Crippen LogP contribution in [0.25, 0.3) is 0 Å². The van der Waals surface area contributed by atoms with Crippen LogP contribution in [0.5, 0.6) is 0 Å². The normalized spacial score (nSPS) is 21.1. The maximum Gasteiger partial charge on any atom is 0.317 e. The molecule has 1 aliphatic heterocycles. The number of likely N-dealkylation sites (N-methyl/N-ethyl adjacent to an activating group) is 1. The minimum atomic E-state index is -0.0222. The van der Waals surface area contributed by atoms with Crippen LogP contribution >= 0.6 is 0 Å². The van der Waals surface area contributed by atoms with E-state index in [2.05, 4.69) is 10.6 Å². The molecule has 0 bridgehead atoms. The van der Waals surface area contributed by atoms with Gasteiger partial charge in [0.1, 0.15) is 0 Å². The summed E-state index contributed by atoms with van der Waals surface area (Å²) in [4.78, 5) is 13.2. The molecule has 1 rings (SSSR count). The van der Waals surface area contributed by atoms with Gasteiger partial charge in [-0.3, -0.25) is 0 Å². The Hall–Kier alpha value is -0.810. The van der Waals surface area contributed by atoms with Gasteiger partial charge in [0.05, 0.1) is 12.7 Å². The Morgan fingerprint density at radius 2 is 2.47 bits per heavy atom. The number of urea groups is 1. The zero-order valence-corrected chi connectivity index (χ0v) is 9.58. The third-order valence-corrected chi connectivity index (χ3v) is 2.35. The molecule has 0 aromatic rings. The predicted molar refractivity (Wildman–Crippen MR) is 58.9 cm³/mol. The van der Waals surface area contributed by atoms with Gasteiger partial charge in [0.2, 0.25) is 0 Å². The average molecular weight is 215 g/mol. The van der Waals surface area contributed by atoms with E-state index in [0.29, 0.717) is 6.54 Å². The summed E-state index contributed by atoms with van der Waals surface area (Å²) >= 11 is 0. The number of nitrogens with one attached hydrogen (secondary N) is 2. The second-order valence-corrected chi connectivity index (χ2v) is 3.81. The van der Waals surface area contributed by atoms with E-state index >= 15 is 0 Å². The van der Waals surface area contributed by atoms with E-state index < -0.39 is 0 Å². The van der Waals surface area contributed by atoms with E-state index in [0.717, 1.165) is 32.7 Å². The van der Waals surface area contributed by atoms with Crippen molar-refractivity contribution in [2.24, 2.45) is 0 Å². The summed E-state index contributed by atoms with van der Waals surface area (Å²) < 4.78 is 5.52. The molecule has 0 radical (unpaired) electrons. The second kappa shape index (κ2) is 6.63. The Balaban J connectivity index is 2.20. The van der Waals surface area contributed by atoms with Crippen molar-refractivity contribution in [3.8, 4) is 0 Å². The highest BCUT2D eigenvalue weighted by atomic mass is 16.5. The fourth-order valence-corrected chi connectivity index (χ4v) is 1.49.